The summed E-state index contributed by atoms with van der Waals surface area (Å²) in [6.45, 7) is 3.49. The lowest BCUT2D eigenvalue weighted by atomic mass is 10.3. The molecule has 1 N–H and O–H groups in total. The van der Waals surface area contributed by atoms with Crippen molar-refractivity contribution in [2.45, 2.75) is 38.0 Å². The second-order valence-corrected chi connectivity index (χ2v) is 7.05. The van der Waals surface area contributed by atoms with E-state index in [0.717, 1.165) is 4.90 Å². The van der Waals surface area contributed by atoms with Crippen LogP contribution in [0.3, 0.4) is 0 Å². The molecule has 0 saturated carbocycles. The number of hydrogen-bond acceptors (Lipinski definition) is 4. The average Bonchev–Trinajstić information content (AvgIpc) is 2.54. The molecule has 25 heavy (non-hydrogen) atoms. The first kappa shape index (κ1) is 21.3. The number of benzene rings is 1. The van der Waals surface area contributed by atoms with Crippen molar-refractivity contribution < 1.29 is 26.7 Å². The Bertz CT molecular complexity index is 636. The molecule has 0 aromatic heterocycles. The zero-order valence-corrected chi connectivity index (χ0v) is 15.2. The molecule has 1 rings (SSSR count). The molecule has 0 bridgehead atoms. The highest BCUT2D eigenvalue weighted by atomic mass is 32.2. The molecule has 0 atom stereocenters. The maximum Gasteiger partial charge on any atom is 0.255 e. The van der Waals surface area contributed by atoms with Crippen LogP contribution in [0.1, 0.15) is 26.7 Å². The van der Waals surface area contributed by atoms with Gasteiger partial charge in [0.25, 0.3) is 6.43 Å². The maximum absolute atomic E-state index is 12.5. The largest absolute Gasteiger partial charge is 0.494 e. The van der Waals surface area contributed by atoms with Gasteiger partial charge in [-0.1, -0.05) is 6.92 Å². The maximum atomic E-state index is 12.5. The van der Waals surface area contributed by atoms with Gasteiger partial charge in [-0.2, -0.15) is 0 Å². The molecule has 1 amide bonds. The van der Waals surface area contributed by atoms with E-state index in [1.165, 1.54) is 24.3 Å². The van der Waals surface area contributed by atoms with Crippen LogP contribution >= 0.6 is 0 Å². The molecule has 0 spiro atoms. The molecule has 0 aliphatic rings. The van der Waals surface area contributed by atoms with E-state index >= 15 is 0 Å². The molecule has 1 aromatic carbocycles. The minimum absolute atomic E-state index is 0.0430. The van der Waals surface area contributed by atoms with Gasteiger partial charge in [0.05, 0.1) is 18.0 Å². The van der Waals surface area contributed by atoms with Gasteiger partial charge >= 0.3 is 0 Å². The quantitative estimate of drug-likeness (QED) is 0.641. The molecular weight excluding hydrogens is 354 g/mol. The number of halogens is 2. The first-order valence-corrected chi connectivity index (χ1v) is 9.57. The Labute approximate surface area is 147 Å². The molecule has 1 aromatic rings. The number of ether oxygens (including phenoxy) is 1. The smallest absolute Gasteiger partial charge is 0.255 e. The van der Waals surface area contributed by atoms with Crippen LogP contribution in [-0.4, -0.2) is 51.9 Å². The van der Waals surface area contributed by atoms with E-state index in [-0.39, 0.29) is 24.4 Å². The molecule has 6 nitrogen and oxygen atoms in total. The number of alkyl halides is 2. The van der Waals surface area contributed by atoms with Crippen molar-refractivity contribution >= 4 is 15.9 Å². The standard InChI is InChI=1S/C16H24F2N2O4S/c1-3-11-20(12-15(17)18)16(21)9-10-19-25(22,23)14-7-5-13(6-8-14)24-4-2/h5-8,15,19H,3-4,9-12H2,1-2H3. The third-order valence-corrected chi connectivity index (χ3v) is 4.76. The number of sulfonamides is 1. The van der Waals surface area contributed by atoms with E-state index in [9.17, 15) is 22.0 Å². The third kappa shape index (κ3) is 7.35. The number of nitrogens with zero attached hydrogens (tertiary/aromatic N) is 1. The zero-order valence-electron chi connectivity index (χ0n) is 14.4. The summed E-state index contributed by atoms with van der Waals surface area (Å²) in [4.78, 5) is 13.0. The van der Waals surface area contributed by atoms with Gasteiger partial charge in [-0.05, 0) is 37.6 Å². The van der Waals surface area contributed by atoms with Crippen LogP contribution in [0.2, 0.25) is 0 Å². The highest BCUT2D eigenvalue weighted by Crippen LogP contribution is 2.15. The van der Waals surface area contributed by atoms with E-state index in [1.54, 1.807) is 6.92 Å². The molecule has 0 fully saturated rings. The number of carbonyl (C=O) groups is 1. The lowest BCUT2D eigenvalue weighted by Crippen LogP contribution is -2.38. The lowest BCUT2D eigenvalue weighted by molar-refractivity contribution is -0.133. The van der Waals surface area contributed by atoms with Crippen LogP contribution in [0.5, 0.6) is 5.75 Å². The predicted octanol–water partition coefficient (Wildman–Crippen LogP) is 2.26. The minimum Gasteiger partial charge on any atom is -0.494 e. The first-order valence-electron chi connectivity index (χ1n) is 8.08. The van der Waals surface area contributed by atoms with Gasteiger partial charge in [-0.25, -0.2) is 21.9 Å². The molecule has 0 unspecified atom stereocenters. The van der Waals surface area contributed by atoms with Gasteiger partial charge in [0.1, 0.15) is 5.75 Å². The second kappa shape index (κ2) is 10.3. The van der Waals surface area contributed by atoms with E-state index in [0.29, 0.717) is 18.8 Å². The number of carbonyl (C=O) groups excluding carboxylic acids is 1. The van der Waals surface area contributed by atoms with E-state index in [1.807, 2.05) is 6.92 Å². The Morgan fingerprint density at radius 1 is 1.24 bits per heavy atom. The monoisotopic (exact) mass is 378 g/mol. The predicted molar refractivity (Wildman–Crippen MR) is 90.3 cm³/mol. The van der Waals surface area contributed by atoms with Crippen LogP contribution in [0.15, 0.2) is 29.2 Å². The fourth-order valence-electron chi connectivity index (χ4n) is 2.17. The van der Waals surface area contributed by atoms with Gasteiger partial charge in [0.15, 0.2) is 0 Å². The Morgan fingerprint density at radius 3 is 2.40 bits per heavy atom. The number of rotatable bonds is 11. The van der Waals surface area contributed by atoms with E-state index in [2.05, 4.69) is 4.72 Å². The summed E-state index contributed by atoms with van der Waals surface area (Å²) in [5.41, 5.74) is 0. The molecule has 0 radical (unpaired) electrons. The Morgan fingerprint density at radius 2 is 1.88 bits per heavy atom. The van der Waals surface area contributed by atoms with Gasteiger partial charge in [0, 0.05) is 19.5 Å². The van der Waals surface area contributed by atoms with Crippen molar-refractivity contribution in [2.24, 2.45) is 0 Å². The summed E-state index contributed by atoms with van der Waals surface area (Å²) in [6.07, 6.45) is -2.24. The van der Waals surface area contributed by atoms with Crippen molar-refractivity contribution in [1.82, 2.24) is 9.62 Å². The normalized spacial score (nSPS) is 11.6. The summed E-state index contributed by atoms with van der Waals surface area (Å²) >= 11 is 0. The Hall–Kier alpha value is -1.74. The van der Waals surface area contributed by atoms with Crippen molar-refractivity contribution in [3.63, 3.8) is 0 Å². The van der Waals surface area contributed by atoms with Crippen molar-refractivity contribution in [3.8, 4) is 5.75 Å². The molecule has 0 aliphatic heterocycles. The topological polar surface area (TPSA) is 75.7 Å². The summed E-state index contributed by atoms with van der Waals surface area (Å²) < 4.78 is 56.8. The van der Waals surface area contributed by atoms with Gasteiger partial charge < -0.3 is 9.64 Å². The van der Waals surface area contributed by atoms with Crippen LogP contribution in [0, 0.1) is 0 Å². The van der Waals surface area contributed by atoms with Crippen LogP contribution in [-0.2, 0) is 14.8 Å². The zero-order chi connectivity index (χ0) is 18.9. The number of nitrogens with one attached hydrogen (secondary N) is 1. The highest BCUT2D eigenvalue weighted by molar-refractivity contribution is 7.89. The molecule has 0 saturated heterocycles. The summed E-state index contributed by atoms with van der Waals surface area (Å²) in [5, 5.41) is 0. The van der Waals surface area contributed by atoms with Crippen molar-refractivity contribution in [1.29, 1.82) is 0 Å². The number of amides is 1. The van der Waals surface area contributed by atoms with Crippen LogP contribution < -0.4 is 9.46 Å². The highest BCUT2D eigenvalue weighted by Gasteiger charge is 2.19. The molecular formula is C16H24F2N2O4S. The third-order valence-electron chi connectivity index (χ3n) is 3.28. The summed E-state index contributed by atoms with van der Waals surface area (Å²) in [6, 6.07) is 5.87. The fraction of sp³-hybridized carbons (Fsp3) is 0.562. The van der Waals surface area contributed by atoms with Gasteiger partial charge in [-0.15, -0.1) is 0 Å². The van der Waals surface area contributed by atoms with Crippen LogP contribution in [0.4, 0.5) is 8.78 Å². The van der Waals surface area contributed by atoms with Gasteiger partial charge in [-0.3, -0.25) is 4.79 Å². The lowest BCUT2D eigenvalue weighted by Gasteiger charge is -2.21. The van der Waals surface area contributed by atoms with E-state index in [4.69, 9.17) is 4.74 Å². The Balaban J connectivity index is 2.58. The molecule has 0 aliphatic carbocycles. The molecule has 142 valence electrons. The molecule has 0 heterocycles. The van der Waals surface area contributed by atoms with Gasteiger partial charge in [0.2, 0.25) is 15.9 Å². The number of hydrogen-bond donors (Lipinski definition) is 1. The Kier molecular flexibility index (Phi) is 8.77. The molecule has 9 heteroatoms. The SMILES string of the molecule is CCCN(CC(F)F)C(=O)CCNS(=O)(=O)c1ccc(OCC)cc1. The average molecular weight is 378 g/mol. The fourth-order valence-corrected chi connectivity index (χ4v) is 3.20. The van der Waals surface area contributed by atoms with E-state index < -0.39 is 28.9 Å². The van der Waals surface area contributed by atoms with Crippen molar-refractivity contribution in [2.75, 3.05) is 26.2 Å². The summed E-state index contributed by atoms with van der Waals surface area (Å²) in [5.74, 6) is 0.0513. The summed E-state index contributed by atoms with van der Waals surface area (Å²) in [7, 11) is -3.77. The first-order chi connectivity index (χ1) is 11.8. The van der Waals surface area contributed by atoms with Crippen molar-refractivity contribution in [3.05, 3.63) is 24.3 Å². The minimum atomic E-state index is -3.77. The van der Waals surface area contributed by atoms with Crippen LogP contribution in [0.25, 0.3) is 0 Å². The second-order valence-electron chi connectivity index (χ2n) is 5.28.